The van der Waals surface area contributed by atoms with Gasteiger partial charge in [0.2, 0.25) is 0 Å². The number of hydrogen-bond acceptors (Lipinski definition) is 4. The minimum Gasteiger partial charge on any atom is -0.449 e. The largest absolute Gasteiger partial charge is 0.449 e. The van der Waals surface area contributed by atoms with Crippen LogP contribution in [0.1, 0.15) is 33.1 Å². The van der Waals surface area contributed by atoms with Gasteiger partial charge in [0.05, 0.1) is 17.5 Å². The number of benzene rings is 2. The number of fused-ring (bicyclic) bond motifs is 3. The van der Waals surface area contributed by atoms with Gasteiger partial charge in [-0.2, -0.15) is 0 Å². The Hall–Kier alpha value is -3.80. The molecule has 30 heavy (non-hydrogen) atoms. The van der Waals surface area contributed by atoms with Crippen LogP contribution >= 0.6 is 0 Å². The molecule has 1 heterocycles. The van der Waals surface area contributed by atoms with E-state index in [1.54, 1.807) is 12.2 Å². The molecule has 1 aliphatic rings. The molecule has 4 rings (SSSR count). The predicted octanol–water partition coefficient (Wildman–Crippen LogP) is 4.59. The first kappa shape index (κ1) is 19.5. The minimum absolute atomic E-state index is 0.00358. The fraction of sp³-hybridized carbons (Fsp3) is 0.125. The zero-order valence-corrected chi connectivity index (χ0v) is 16.0. The van der Waals surface area contributed by atoms with Crippen LogP contribution in [0.15, 0.2) is 66.9 Å². The molecule has 0 spiro atoms. The average molecular weight is 402 g/mol. The van der Waals surface area contributed by atoms with Crippen LogP contribution < -0.4 is 5.32 Å². The number of nitrogens with one attached hydrogen (secondary N) is 1. The summed E-state index contributed by atoms with van der Waals surface area (Å²) in [7, 11) is 0. The van der Waals surface area contributed by atoms with E-state index in [-0.39, 0.29) is 24.6 Å². The zero-order chi connectivity index (χ0) is 20.9. The van der Waals surface area contributed by atoms with E-state index < -0.39 is 11.9 Å². The highest BCUT2D eigenvalue weighted by Gasteiger charge is 2.28. The summed E-state index contributed by atoms with van der Waals surface area (Å²) in [6.07, 6.45) is 4.14. The Labute approximate surface area is 173 Å². The highest BCUT2D eigenvalue weighted by atomic mass is 19.1. The fourth-order valence-electron chi connectivity index (χ4n) is 3.62. The molecule has 5 nitrogen and oxygen atoms in total. The van der Waals surface area contributed by atoms with Crippen LogP contribution in [0.25, 0.3) is 17.2 Å². The molecule has 1 aromatic heterocycles. The molecular weight excluding hydrogens is 383 g/mol. The van der Waals surface area contributed by atoms with Crippen LogP contribution in [0.5, 0.6) is 0 Å². The number of nitrogens with zero attached hydrogens (tertiary/aromatic N) is 1. The lowest BCUT2D eigenvalue weighted by Gasteiger charge is -2.14. The van der Waals surface area contributed by atoms with Crippen molar-refractivity contribution in [3.63, 3.8) is 0 Å². The van der Waals surface area contributed by atoms with Crippen molar-refractivity contribution in [2.45, 2.75) is 5.92 Å². The second kappa shape index (κ2) is 8.69. The van der Waals surface area contributed by atoms with Gasteiger partial charge < -0.3 is 10.1 Å². The van der Waals surface area contributed by atoms with Gasteiger partial charge in [-0.05, 0) is 34.4 Å². The number of hydrogen-bond donors (Lipinski definition) is 1. The number of alkyl carbamates (subject to hydrolysis) is 1. The summed E-state index contributed by atoms with van der Waals surface area (Å²) in [5, 5.41) is 2.65. The number of halogens is 1. The fourth-order valence-corrected chi connectivity index (χ4v) is 3.62. The second-order valence-corrected chi connectivity index (χ2v) is 6.86. The summed E-state index contributed by atoms with van der Waals surface area (Å²) < 4.78 is 18.7. The summed E-state index contributed by atoms with van der Waals surface area (Å²) in [6.45, 7) is 0.456. The number of aromatic nitrogens is 1. The molecule has 0 atom stereocenters. The van der Waals surface area contributed by atoms with Gasteiger partial charge in [-0.1, -0.05) is 54.6 Å². The van der Waals surface area contributed by atoms with Crippen molar-refractivity contribution >= 4 is 18.5 Å². The van der Waals surface area contributed by atoms with Gasteiger partial charge >= 0.3 is 6.09 Å². The first-order valence-electron chi connectivity index (χ1n) is 9.53. The number of carbonyl (C=O) groups excluding carboxylic acids is 2. The van der Waals surface area contributed by atoms with Gasteiger partial charge in [-0.3, -0.25) is 9.78 Å². The molecule has 0 bridgehead atoms. The maximum absolute atomic E-state index is 13.3. The minimum atomic E-state index is -0.668. The van der Waals surface area contributed by atoms with Crippen molar-refractivity contribution in [2.24, 2.45) is 0 Å². The Morgan fingerprint density at radius 1 is 1.10 bits per heavy atom. The van der Waals surface area contributed by atoms with Crippen LogP contribution in [0, 0.1) is 5.82 Å². The smallest absolute Gasteiger partial charge is 0.407 e. The molecule has 0 fully saturated rings. The van der Waals surface area contributed by atoms with Crippen LogP contribution in [-0.4, -0.2) is 30.5 Å². The third-order valence-electron chi connectivity index (χ3n) is 5.03. The Morgan fingerprint density at radius 3 is 2.43 bits per heavy atom. The van der Waals surface area contributed by atoms with Gasteiger partial charge in [-0.25, -0.2) is 9.18 Å². The predicted molar refractivity (Wildman–Crippen MR) is 112 cm³/mol. The quantitative estimate of drug-likeness (QED) is 0.613. The zero-order valence-electron chi connectivity index (χ0n) is 16.0. The number of aldehydes is 1. The van der Waals surface area contributed by atoms with E-state index in [9.17, 15) is 14.0 Å². The molecule has 0 unspecified atom stereocenters. The molecule has 3 aromatic rings. The van der Waals surface area contributed by atoms with Gasteiger partial charge in [-0.15, -0.1) is 0 Å². The van der Waals surface area contributed by atoms with Crippen molar-refractivity contribution in [3.05, 3.63) is 95.1 Å². The lowest BCUT2D eigenvalue weighted by Crippen LogP contribution is -2.26. The van der Waals surface area contributed by atoms with Gasteiger partial charge in [0.1, 0.15) is 6.61 Å². The molecule has 6 heteroatoms. The van der Waals surface area contributed by atoms with E-state index in [1.807, 2.05) is 24.3 Å². The average Bonchev–Trinajstić information content (AvgIpc) is 3.10. The first-order valence-corrected chi connectivity index (χ1v) is 9.53. The molecule has 1 amide bonds. The molecule has 0 saturated heterocycles. The number of amides is 1. The summed E-state index contributed by atoms with van der Waals surface area (Å²) in [5.74, 6) is -0.664. The molecule has 1 N–H and O–H groups in total. The number of pyridine rings is 1. The monoisotopic (exact) mass is 402 g/mol. The summed E-state index contributed by atoms with van der Waals surface area (Å²) in [4.78, 5) is 26.7. The second-order valence-electron chi connectivity index (χ2n) is 6.86. The lowest BCUT2D eigenvalue weighted by molar-refractivity contribution is 0.111. The SMILES string of the molecule is O=Cc1cc(C=CCNC(=O)OCC2c3ccccc3-c3ccccc32)ncc1F. The summed E-state index contributed by atoms with van der Waals surface area (Å²) >= 11 is 0. The molecule has 0 aliphatic heterocycles. The van der Waals surface area contributed by atoms with E-state index in [2.05, 4.69) is 34.6 Å². The normalized spacial score (nSPS) is 12.4. The van der Waals surface area contributed by atoms with Crippen molar-refractivity contribution < 1.29 is 18.7 Å². The van der Waals surface area contributed by atoms with Gasteiger partial charge in [0, 0.05) is 12.5 Å². The Morgan fingerprint density at radius 2 is 1.77 bits per heavy atom. The van der Waals surface area contributed by atoms with Crippen molar-refractivity contribution in [1.82, 2.24) is 10.3 Å². The molecular formula is C24H19FN2O3. The molecule has 1 aliphatic carbocycles. The van der Waals surface area contributed by atoms with E-state index >= 15 is 0 Å². The Kier molecular flexibility index (Phi) is 5.66. The van der Waals surface area contributed by atoms with Gasteiger partial charge in [0.15, 0.2) is 12.1 Å². The molecule has 150 valence electrons. The van der Waals surface area contributed by atoms with Gasteiger partial charge in [0.25, 0.3) is 0 Å². The number of rotatable bonds is 6. The third-order valence-corrected chi connectivity index (χ3v) is 5.03. The first-order chi connectivity index (χ1) is 14.7. The molecule has 2 aromatic carbocycles. The van der Waals surface area contributed by atoms with Crippen LogP contribution in [0.3, 0.4) is 0 Å². The van der Waals surface area contributed by atoms with E-state index in [1.165, 1.54) is 17.2 Å². The van der Waals surface area contributed by atoms with Crippen molar-refractivity contribution in [2.75, 3.05) is 13.2 Å². The maximum Gasteiger partial charge on any atom is 0.407 e. The highest BCUT2D eigenvalue weighted by Crippen LogP contribution is 2.44. The van der Waals surface area contributed by atoms with Crippen molar-refractivity contribution in [1.29, 1.82) is 0 Å². The Balaban J connectivity index is 1.33. The molecule has 0 saturated carbocycles. The van der Waals surface area contributed by atoms with Crippen LogP contribution in [0.4, 0.5) is 9.18 Å². The van der Waals surface area contributed by atoms with Crippen molar-refractivity contribution in [3.8, 4) is 11.1 Å². The maximum atomic E-state index is 13.3. The lowest BCUT2D eigenvalue weighted by atomic mass is 9.98. The van der Waals surface area contributed by atoms with E-state index in [0.29, 0.717) is 12.0 Å². The Bertz CT molecular complexity index is 1080. The standard InChI is InChI=1S/C24H19FN2O3/c25-23-13-27-17(12-16(23)14-28)6-5-11-26-24(29)30-15-22-20-9-3-1-7-18(20)19-8-2-4-10-21(19)22/h1-10,12-14,22H,11,15H2,(H,26,29). The van der Waals surface area contributed by atoms with E-state index in [0.717, 1.165) is 17.3 Å². The number of carbonyl (C=O) groups is 2. The summed E-state index contributed by atoms with van der Waals surface area (Å²) in [5.41, 5.74) is 5.01. The van der Waals surface area contributed by atoms with Crippen LogP contribution in [-0.2, 0) is 4.74 Å². The topological polar surface area (TPSA) is 68.3 Å². The summed E-state index contributed by atoms with van der Waals surface area (Å²) in [6, 6.07) is 17.6. The van der Waals surface area contributed by atoms with E-state index in [4.69, 9.17) is 4.74 Å². The molecule has 0 radical (unpaired) electrons. The highest BCUT2D eigenvalue weighted by molar-refractivity contribution is 5.79. The number of ether oxygens (including phenoxy) is 1. The third kappa shape index (κ3) is 3.98. The van der Waals surface area contributed by atoms with Crippen LogP contribution in [0.2, 0.25) is 0 Å².